The Morgan fingerprint density at radius 2 is 2.12 bits per heavy atom. The van der Waals surface area contributed by atoms with Crippen LogP contribution in [0.2, 0.25) is 0 Å². The SMILES string of the molecule is Cc1c(C#N)c(N)n(CCCS(C)=O)c1C. The van der Waals surface area contributed by atoms with Crippen LogP contribution in [0.5, 0.6) is 0 Å². The number of hydrogen-bond donors (Lipinski definition) is 1. The molecule has 1 atom stereocenters. The Morgan fingerprint density at radius 3 is 2.56 bits per heavy atom. The van der Waals surface area contributed by atoms with Crippen LogP contribution in [0.1, 0.15) is 23.2 Å². The van der Waals surface area contributed by atoms with Crippen molar-refractivity contribution in [2.45, 2.75) is 26.8 Å². The minimum atomic E-state index is -0.772. The second kappa shape index (κ2) is 5.17. The molecule has 1 rings (SSSR count). The van der Waals surface area contributed by atoms with Gasteiger partial charge in [0.1, 0.15) is 11.9 Å². The van der Waals surface area contributed by atoms with Gasteiger partial charge in [-0.3, -0.25) is 4.21 Å². The minimum Gasteiger partial charge on any atom is -0.384 e. The Hall–Kier alpha value is -1.28. The topological polar surface area (TPSA) is 71.8 Å². The highest BCUT2D eigenvalue weighted by molar-refractivity contribution is 7.84. The van der Waals surface area contributed by atoms with Crippen molar-refractivity contribution in [3.8, 4) is 6.07 Å². The summed E-state index contributed by atoms with van der Waals surface area (Å²) in [6, 6.07) is 2.12. The molecule has 16 heavy (non-hydrogen) atoms. The van der Waals surface area contributed by atoms with Gasteiger partial charge in [0.2, 0.25) is 0 Å². The summed E-state index contributed by atoms with van der Waals surface area (Å²) in [5.74, 6) is 1.19. The second-order valence-electron chi connectivity index (χ2n) is 3.86. The highest BCUT2D eigenvalue weighted by atomic mass is 32.2. The number of nitrogens with two attached hydrogens (primary N) is 1. The van der Waals surface area contributed by atoms with Crippen molar-refractivity contribution in [1.82, 2.24) is 4.57 Å². The molecular weight excluding hydrogens is 222 g/mol. The lowest BCUT2D eigenvalue weighted by Crippen LogP contribution is -2.08. The van der Waals surface area contributed by atoms with E-state index in [4.69, 9.17) is 11.0 Å². The fourth-order valence-electron chi connectivity index (χ4n) is 1.75. The molecule has 1 aromatic rings. The third kappa shape index (κ3) is 2.45. The Morgan fingerprint density at radius 1 is 1.50 bits per heavy atom. The van der Waals surface area contributed by atoms with Gasteiger partial charge in [0.05, 0.1) is 5.56 Å². The molecule has 0 amide bonds. The van der Waals surface area contributed by atoms with Crippen LogP contribution in [0.3, 0.4) is 0 Å². The van der Waals surface area contributed by atoms with Crippen molar-refractivity contribution in [3.63, 3.8) is 0 Å². The molecule has 1 aromatic heterocycles. The standard InChI is InChI=1S/C11H17N3OS/c1-8-9(2)14(5-4-6-16(3)15)11(13)10(8)7-12/h4-6,13H2,1-3H3. The van der Waals surface area contributed by atoms with E-state index in [1.54, 1.807) is 6.26 Å². The second-order valence-corrected chi connectivity index (χ2v) is 5.42. The van der Waals surface area contributed by atoms with E-state index in [1.807, 2.05) is 18.4 Å². The summed E-state index contributed by atoms with van der Waals surface area (Å²) >= 11 is 0. The highest BCUT2D eigenvalue weighted by Gasteiger charge is 2.14. The van der Waals surface area contributed by atoms with Gasteiger partial charge in [-0.2, -0.15) is 5.26 Å². The van der Waals surface area contributed by atoms with E-state index in [9.17, 15) is 4.21 Å². The fraction of sp³-hybridized carbons (Fsp3) is 0.545. The van der Waals surface area contributed by atoms with Crippen molar-refractivity contribution in [2.75, 3.05) is 17.7 Å². The number of nitriles is 1. The van der Waals surface area contributed by atoms with Gasteiger partial charge in [0, 0.05) is 35.0 Å². The molecule has 0 fully saturated rings. The fourth-order valence-corrected chi connectivity index (χ4v) is 2.28. The first kappa shape index (κ1) is 12.8. The number of anilines is 1. The van der Waals surface area contributed by atoms with Gasteiger partial charge in [0.15, 0.2) is 0 Å². The number of rotatable bonds is 4. The zero-order valence-electron chi connectivity index (χ0n) is 9.91. The maximum Gasteiger partial charge on any atom is 0.122 e. The van der Waals surface area contributed by atoms with E-state index in [2.05, 4.69) is 6.07 Å². The molecule has 5 heteroatoms. The zero-order chi connectivity index (χ0) is 12.3. The Bertz CT molecular complexity index is 457. The maximum absolute atomic E-state index is 11.0. The van der Waals surface area contributed by atoms with Crippen molar-refractivity contribution >= 4 is 16.6 Å². The lowest BCUT2D eigenvalue weighted by molar-refractivity contribution is 0.657. The average molecular weight is 239 g/mol. The quantitative estimate of drug-likeness (QED) is 0.861. The molecule has 2 N–H and O–H groups in total. The Kier molecular flexibility index (Phi) is 4.13. The predicted molar refractivity (Wildman–Crippen MR) is 66.6 cm³/mol. The first-order valence-corrected chi connectivity index (χ1v) is 6.87. The summed E-state index contributed by atoms with van der Waals surface area (Å²) in [5, 5.41) is 8.96. The summed E-state index contributed by atoms with van der Waals surface area (Å²) in [7, 11) is -0.772. The number of hydrogen-bond acceptors (Lipinski definition) is 3. The van der Waals surface area contributed by atoms with Crippen LogP contribution in [-0.4, -0.2) is 20.8 Å². The number of nitrogens with zero attached hydrogens (tertiary/aromatic N) is 2. The first-order valence-electron chi connectivity index (χ1n) is 5.14. The Balaban J connectivity index is 2.89. The van der Waals surface area contributed by atoms with Crippen molar-refractivity contribution < 1.29 is 4.21 Å². The third-order valence-corrected chi connectivity index (χ3v) is 3.66. The zero-order valence-corrected chi connectivity index (χ0v) is 10.7. The summed E-state index contributed by atoms with van der Waals surface area (Å²) in [6.07, 6.45) is 2.50. The largest absolute Gasteiger partial charge is 0.384 e. The first-order chi connectivity index (χ1) is 7.49. The summed E-state index contributed by atoms with van der Waals surface area (Å²) in [4.78, 5) is 0. The van der Waals surface area contributed by atoms with Gasteiger partial charge >= 0.3 is 0 Å². The van der Waals surface area contributed by atoms with Crippen LogP contribution < -0.4 is 5.73 Å². The van der Waals surface area contributed by atoms with E-state index < -0.39 is 10.8 Å². The van der Waals surface area contributed by atoms with Crippen LogP contribution in [0.4, 0.5) is 5.82 Å². The molecule has 0 spiro atoms. The van der Waals surface area contributed by atoms with Gasteiger partial charge in [-0.1, -0.05) is 0 Å². The van der Waals surface area contributed by atoms with Gasteiger partial charge in [0.25, 0.3) is 0 Å². The molecule has 0 bridgehead atoms. The monoisotopic (exact) mass is 239 g/mol. The van der Waals surface area contributed by atoms with Crippen molar-refractivity contribution in [2.24, 2.45) is 0 Å². The van der Waals surface area contributed by atoms with E-state index in [-0.39, 0.29) is 0 Å². The molecule has 0 aliphatic rings. The summed E-state index contributed by atoms with van der Waals surface area (Å²) in [5.41, 5.74) is 8.43. The molecule has 0 aromatic carbocycles. The van der Waals surface area contributed by atoms with Crippen LogP contribution in [0.15, 0.2) is 0 Å². The van der Waals surface area contributed by atoms with Crippen LogP contribution in [-0.2, 0) is 17.3 Å². The molecule has 0 saturated carbocycles. The summed E-state index contributed by atoms with van der Waals surface area (Å²) < 4.78 is 12.9. The maximum atomic E-state index is 11.0. The number of aromatic nitrogens is 1. The smallest absolute Gasteiger partial charge is 0.122 e. The van der Waals surface area contributed by atoms with Gasteiger partial charge in [-0.25, -0.2) is 0 Å². The molecule has 1 heterocycles. The lowest BCUT2D eigenvalue weighted by Gasteiger charge is -2.08. The molecule has 1 unspecified atom stereocenters. The van der Waals surface area contributed by atoms with E-state index in [0.29, 0.717) is 17.1 Å². The molecule has 0 radical (unpaired) electrons. The molecule has 0 saturated heterocycles. The van der Waals surface area contributed by atoms with E-state index in [0.717, 1.165) is 24.2 Å². The van der Waals surface area contributed by atoms with Crippen LogP contribution in [0.25, 0.3) is 0 Å². The third-order valence-electron chi connectivity index (χ3n) is 2.79. The van der Waals surface area contributed by atoms with Gasteiger partial charge < -0.3 is 10.3 Å². The van der Waals surface area contributed by atoms with Gasteiger partial charge in [-0.05, 0) is 25.8 Å². The summed E-state index contributed by atoms with van der Waals surface area (Å²) in [6.45, 7) is 4.58. The number of nitrogen functional groups attached to an aromatic ring is 1. The van der Waals surface area contributed by atoms with Crippen molar-refractivity contribution in [1.29, 1.82) is 5.26 Å². The van der Waals surface area contributed by atoms with E-state index >= 15 is 0 Å². The minimum absolute atomic E-state index is 0.527. The Labute approximate surface area is 98.5 Å². The van der Waals surface area contributed by atoms with Gasteiger partial charge in [-0.15, -0.1) is 0 Å². The molecule has 0 aliphatic carbocycles. The highest BCUT2D eigenvalue weighted by Crippen LogP contribution is 2.23. The molecular formula is C11H17N3OS. The lowest BCUT2D eigenvalue weighted by atomic mass is 10.2. The predicted octanol–water partition coefficient (Wildman–Crippen LogP) is 1.33. The molecule has 0 aliphatic heterocycles. The van der Waals surface area contributed by atoms with E-state index in [1.165, 1.54) is 0 Å². The molecule has 4 nitrogen and oxygen atoms in total. The van der Waals surface area contributed by atoms with Crippen LogP contribution in [0, 0.1) is 25.2 Å². The molecule has 88 valence electrons. The normalized spacial score (nSPS) is 12.4. The average Bonchev–Trinajstić information content (AvgIpc) is 2.41. The van der Waals surface area contributed by atoms with Crippen LogP contribution >= 0.6 is 0 Å². The van der Waals surface area contributed by atoms with Crippen molar-refractivity contribution in [3.05, 3.63) is 16.8 Å².